The van der Waals surface area contributed by atoms with Crippen LogP contribution in [0.2, 0.25) is 0 Å². The van der Waals surface area contributed by atoms with E-state index in [2.05, 4.69) is 0 Å². The van der Waals surface area contributed by atoms with Gasteiger partial charge in [-0.15, -0.1) is 0 Å². The van der Waals surface area contributed by atoms with Gasteiger partial charge in [0.25, 0.3) is 0 Å². The van der Waals surface area contributed by atoms with E-state index in [1.165, 1.54) is 13.8 Å². The molecule has 0 amide bonds. The molecule has 0 aliphatic rings. The quantitative estimate of drug-likeness (QED) is 0.620. The van der Waals surface area contributed by atoms with Crippen molar-refractivity contribution < 1.29 is 13.6 Å². The molecule has 0 saturated heterocycles. The zero-order valence-electron chi connectivity index (χ0n) is 6.40. The molecule has 0 unspecified atom stereocenters. The third kappa shape index (κ3) is 1.93. The van der Waals surface area contributed by atoms with Crippen LogP contribution in [0.1, 0.15) is 20.8 Å². The standard InChI is InChI=1S/C5H13NO3S/c1-4-6(7)10(8,9)5(2)3/h5,7H,4H2,1-3H3. The van der Waals surface area contributed by atoms with Gasteiger partial charge in [-0.3, -0.25) is 5.21 Å². The van der Waals surface area contributed by atoms with Crippen molar-refractivity contribution in [3.05, 3.63) is 0 Å². The van der Waals surface area contributed by atoms with Crippen molar-refractivity contribution in [1.29, 1.82) is 0 Å². The predicted molar refractivity (Wildman–Crippen MR) is 38.2 cm³/mol. The van der Waals surface area contributed by atoms with E-state index in [1.54, 1.807) is 6.92 Å². The summed E-state index contributed by atoms with van der Waals surface area (Å²) in [5, 5.41) is 8.24. The van der Waals surface area contributed by atoms with Crippen LogP contribution in [0, 0.1) is 0 Å². The highest BCUT2D eigenvalue weighted by Crippen LogP contribution is 2.03. The Morgan fingerprint density at radius 1 is 1.50 bits per heavy atom. The minimum Gasteiger partial charge on any atom is -0.299 e. The van der Waals surface area contributed by atoms with Crippen LogP contribution in [-0.4, -0.2) is 29.9 Å². The Kier molecular flexibility index (Phi) is 3.27. The fourth-order valence-corrected chi connectivity index (χ4v) is 1.27. The van der Waals surface area contributed by atoms with Crippen LogP contribution in [0.25, 0.3) is 0 Å². The van der Waals surface area contributed by atoms with Gasteiger partial charge in [-0.25, -0.2) is 8.42 Å². The van der Waals surface area contributed by atoms with Crippen LogP contribution in [0.5, 0.6) is 0 Å². The van der Waals surface area contributed by atoms with Crippen molar-refractivity contribution in [2.24, 2.45) is 0 Å². The van der Waals surface area contributed by atoms with Crippen molar-refractivity contribution in [2.45, 2.75) is 26.0 Å². The van der Waals surface area contributed by atoms with Gasteiger partial charge >= 0.3 is 0 Å². The molecule has 0 heterocycles. The average molecular weight is 167 g/mol. The molecule has 0 aliphatic heterocycles. The normalized spacial score (nSPS) is 13.0. The van der Waals surface area contributed by atoms with Gasteiger partial charge in [-0.1, -0.05) is 4.47 Å². The van der Waals surface area contributed by atoms with E-state index in [4.69, 9.17) is 5.21 Å². The highest BCUT2D eigenvalue weighted by Gasteiger charge is 2.21. The number of hydroxylamine groups is 1. The summed E-state index contributed by atoms with van der Waals surface area (Å²) in [5.74, 6) is 0. The molecule has 1 N–H and O–H groups in total. The summed E-state index contributed by atoms with van der Waals surface area (Å²) in [7, 11) is -3.44. The van der Waals surface area contributed by atoms with E-state index < -0.39 is 15.3 Å². The molecule has 0 aromatic carbocycles. The predicted octanol–water partition coefficient (Wildman–Crippen LogP) is 0.436. The van der Waals surface area contributed by atoms with Crippen LogP contribution in [0.3, 0.4) is 0 Å². The maximum atomic E-state index is 10.9. The average Bonchev–Trinajstić information content (AvgIpc) is 1.86. The van der Waals surface area contributed by atoms with E-state index in [-0.39, 0.29) is 6.54 Å². The molecule has 0 aliphatic carbocycles. The number of hydrogen-bond donors (Lipinski definition) is 1. The van der Waals surface area contributed by atoms with Crippen LogP contribution >= 0.6 is 0 Å². The second-order valence-corrected chi connectivity index (χ2v) is 4.63. The first kappa shape index (κ1) is 9.87. The third-order valence-electron chi connectivity index (χ3n) is 1.16. The lowest BCUT2D eigenvalue weighted by Gasteiger charge is -2.14. The first-order valence-electron chi connectivity index (χ1n) is 3.13. The Hall–Kier alpha value is -0.130. The van der Waals surface area contributed by atoms with Crippen molar-refractivity contribution >= 4 is 10.0 Å². The van der Waals surface area contributed by atoms with Crippen molar-refractivity contribution in [1.82, 2.24) is 4.47 Å². The molecule has 0 rings (SSSR count). The van der Waals surface area contributed by atoms with Crippen molar-refractivity contribution in [3.63, 3.8) is 0 Å². The summed E-state index contributed by atoms with van der Waals surface area (Å²) < 4.78 is 22.2. The summed E-state index contributed by atoms with van der Waals surface area (Å²) in [5.41, 5.74) is 0. The van der Waals surface area contributed by atoms with Gasteiger partial charge in [-0.2, -0.15) is 0 Å². The molecule has 0 saturated carbocycles. The Morgan fingerprint density at radius 2 is 1.90 bits per heavy atom. The molecule has 0 bridgehead atoms. The maximum absolute atomic E-state index is 10.9. The van der Waals surface area contributed by atoms with Gasteiger partial charge < -0.3 is 0 Å². The summed E-state index contributed by atoms with van der Waals surface area (Å²) in [6, 6.07) is 0. The molecule has 0 atom stereocenters. The lowest BCUT2D eigenvalue weighted by Crippen LogP contribution is -2.33. The molecule has 10 heavy (non-hydrogen) atoms. The Balaban J connectivity index is 4.42. The second-order valence-electron chi connectivity index (χ2n) is 2.23. The van der Waals surface area contributed by atoms with Crippen LogP contribution in [0.4, 0.5) is 0 Å². The molecule has 0 fully saturated rings. The SMILES string of the molecule is CCN(O)S(=O)(=O)C(C)C. The van der Waals surface area contributed by atoms with Crippen molar-refractivity contribution in [2.75, 3.05) is 6.54 Å². The lowest BCUT2D eigenvalue weighted by atomic mass is 10.6. The number of sulfonamides is 1. The Bertz CT molecular complexity index is 185. The molecular weight excluding hydrogens is 154 g/mol. The van der Waals surface area contributed by atoms with Gasteiger partial charge in [0.2, 0.25) is 10.0 Å². The molecule has 4 nitrogen and oxygen atoms in total. The van der Waals surface area contributed by atoms with E-state index in [0.29, 0.717) is 4.47 Å². The van der Waals surface area contributed by atoms with E-state index in [0.717, 1.165) is 0 Å². The van der Waals surface area contributed by atoms with Crippen LogP contribution in [-0.2, 0) is 10.0 Å². The van der Waals surface area contributed by atoms with Gasteiger partial charge in [0.1, 0.15) is 0 Å². The molecule has 62 valence electrons. The largest absolute Gasteiger partial charge is 0.299 e. The van der Waals surface area contributed by atoms with E-state index in [9.17, 15) is 8.42 Å². The highest BCUT2D eigenvalue weighted by molar-refractivity contribution is 7.89. The topological polar surface area (TPSA) is 57.6 Å². The van der Waals surface area contributed by atoms with E-state index in [1.807, 2.05) is 0 Å². The van der Waals surface area contributed by atoms with E-state index >= 15 is 0 Å². The minimum atomic E-state index is -3.44. The fraction of sp³-hybridized carbons (Fsp3) is 1.00. The fourth-order valence-electron chi connectivity index (χ4n) is 0.423. The molecule has 0 spiro atoms. The number of nitrogens with zero attached hydrogens (tertiary/aromatic N) is 1. The Labute approximate surface area is 61.5 Å². The monoisotopic (exact) mass is 167 g/mol. The zero-order valence-corrected chi connectivity index (χ0v) is 7.22. The first-order valence-corrected chi connectivity index (χ1v) is 4.63. The van der Waals surface area contributed by atoms with Gasteiger partial charge in [-0.05, 0) is 20.8 Å². The van der Waals surface area contributed by atoms with Crippen LogP contribution in [0.15, 0.2) is 0 Å². The molecule has 0 aromatic rings. The molecule has 0 aromatic heterocycles. The smallest absolute Gasteiger partial charge is 0.238 e. The molecule has 5 heteroatoms. The molecular formula is C5H13NO3S. The number of rotatable bonds is 3. The lowest BCUT2D eigenvalue weighted by molar-refractivity contribution is 0.00774. The summed E-state index contributed by atoms with van der Waals surface area (Å²) in [6.45, 7) is 4.71. The van der Waals surface area contributed by atoms with Crippen molar-refractivity contribution in [3.8, 4) is 0 Å². The van der Waals surface area contributed by atoms with Gasteiger partial charge in [0.05, 0.1) is 5.25 Å². The zero-order chi connectivity index (χ0) is 8.36. The first-order chi connectivity index (χ1) is 4.42. The summed E-state index contributed by atoms with van der Waals surface area (Å²) in [6.07, 6.45) is 0. The Morgan fingerprint density at radius 3 is 2.00 bits per heavy atom. The van der Waals surface area contributed by atoms with Crippen LogP contribution < -0.4 is 0 Å². The second kappa shape index (κ2) is 3.32. The number of hydrogen-bond acceptors (Lipinski definition) is 3. The summed E-state index contributed by atoms with van der Waals surface area (Å²) >= 11 is 0. The minimum absolute atomic E-state index is 0.0977. The van der Waals surface area contributed by atoms with Gasteiger partial charge in [0.15, 0.2) is 0 Å². The third-order valence-corrected chi connectivity index (χ3v) is 3.20. The molecule has 0 radical (unpaired) electrons. The summed E-state index contributed by atoms with van der Waals surface area (Å²) in [4.78, 5) is 0. The maximum Gasteiger partial charge on any atom is 0.238 e. The highest BCUT2D eigenvalue weighted by atomic mass is 32.2. The van der Waals surface area contributed by atoms with Gasteiger partial charge in [0, 0.05) is 6.54 Å².